The SMILES string of the molecule is COc1cccc(CC2(CN)CCC(C)(C)C2O)c1F. The van der Waals surface area contributed by atoms with Crippen LogP contribution in [0.1, 0.15) is 32.3 Å². The first-order chi connectivity index (χ1) is 9.36. The first-order valence-electron chi connectivity index (χ1n) is 7.06. The van der Waals surface area contributed by atoms with Crippen molar-refractivity contribution in [1.82, 2.24) is 0 Å². The van der Waals surface area contributed by atoms with Gasteiger partial charge in [-0.05, 0) is 36.3 Å². The van der Waals surface area contributed by atoms with E-state index in [0.29, 0.717) is 18.5 Å². The van der Waals surface area contributed by atoms with Gasteiger partial charge in [-0.25, -0.2) is 4.39 Å². The van der Waals surface area contributed by atoms with Gasteiger partial charge < -0.3 is 15.6 Å². The summed E-state index contributed by atoms with van der Waals surface area (Å²) in [5.74, 6) is -0.110. The van der Waals surface area contributed by atoms with Gasteiger partial charge in [0.15, 0.2) is 11.6 Å². The maximum atomic E-state index is 14.3. The number of aliphatic hydroxyl groups excluding tert-OH is 1. The second kappa shape index (κ2) is 5.34. The number of ether oxygens (including phenoxy) is 1. The third kappa shape index (κ3) is 2.42. The minimum Gasteiger partial charge on any atom is -0.494 e. The Kier molecular flexibility index (Phi) is 4.07. The Morgan fingerprint density at radius 3 is 2.60 bits per heavy atom. The molecule has 0 radical (unpaired) electrons. The lowest BCUT2D eigenvalue weighted by molar-refractivity contribution is -0.00502. The second-order valence-corrected chi connectivity index (χ2v) is 6.57. The van der Waals surface area contributed by atoms with E-state index >= 15 is 0 Å². The first kappa shape index (κ1) is 15.3. The minimum atomic E-state index is -0.523. The first-order valence-corrected chi connectivity index (χ1v) is 7.06. The number of rotatable bonds is 4. The van der Waals surface area contributed by atoms with Crippen molar-refractivity contribution in [2.75, 3.05) is 13.7 Å². The van der Waals surface area contributed by atoms with Crippen molar-refractivity contribution in [1.29, 1.82) is 0 Å². The lowest BCUT2D eigenvalue weighted by atomic mass is 9.74. The van der Waals surface area contributed by atoms with Crippen LogP contribution in [-0.4, -0.2) is 24.9 Å². The highest BCUT2D eigenvalue weighted by Gasteiger charge is 2.51. The Morgan fingerprint density at radius 1 is 1.40 bits per heavy atom. The van der Waals surface area contributed by atoms with E-state index in [2.05, 4.69) is 0 Å². The molecule has 0 amide bonds. The average Bonchev–Trinajstić information content (AvgIpc) is 2.66. The predicted octanol–water partition coefficient (Wildman–Crippen LogP) is 2.50. The summed E-state index contributed by atoms with van der Waals surface area (Å²) in [6.07, 6.45) is 1.63. The van der Waals surface area contributed by atoms with Crippen molar-refractivity contribution in [2.45, 2.75) is 39.2 Å². The molecule has 3 N–H and O–H groups in total. The summed E-state index contributed by atoms with van der Waals surface area (Å²) in [7, 11) is 1.45. The van der Waals surface area contributed by atoms with Gasteiger partial charge in [0.25, 0.3) is 0 Å². The zero-order chi connectivity index (χ0) is 15.0. The van der Waals surface area contributed by atoms with Crippen LogP contribution >= 0.6 is 0 Å². The molecule has 2 atom stereocenters. The number of hydrogen-bond acceptors (Lipinski definition) is 3. The fourth-order valence-corrected chi connectivity index (χ4v) is 3.37. The minimum absolute atomic E-state index is 0.172. The van der Waals surface area contributed by atoms with E-state index in [-0.39, 0.29) is 17.0 Å². The quantitative estimate of drug-likeness (QED) is 0.891. The highest BCUT2D eigenvalue weighted by atomic mass is 19.1. The Labute approximate surface area is 119 Å². The Bertz CT molecular complexity index is 489. The topological polar surface area (TPSA) is 55.5 Å². The zero-order valence-corrected chi connectivity index (χ0v) is 12.4. The molecule has 1 aromatic carbocycles. The van der Waals surface area contributed by atoms with Crippen LogP contribution in [0.2, 0.25) is 0 Å². The summed E-state index contributed by atoms with van der Waals surface area (Å²) in [4.78, 5) is 0. The summed E-state index contributed by atoms with van der Waals surface area (Å²) < 4.78 is 19.3. The van der Waals surface area contributed by atoms with Gasteiger partial charge >= 0.3 is 0 Å². The van der Waals surface area contributed by atoms with Crippen LogP contribution in [0, 0.1) is 16.6 Å². The number of methoxy groups -OCH3 is 1. The molecule has 0 aliphatic heterocycles. The maximum absolute atomic E-state index is 14.3. The Balaban J connectivity index is 2.32. The molecule has 1 aliphatic carbocycles. The molecule has 2 unspecified atom stereocenters. The van der Waals surface area contributed by atoms with E-state index in [1.807, 2.05) is 13.8 Å². The largest absolute Gasteiger partial charge is 0.494 e. The zero-order valence-electron chi connectivity index (χ0n) is 12.4. The summed E-state index contributed by atoms with van der Waals surface area (Å²) in [6.45, 7) is 4.43. The van der Waals surface area contributed by atoms with Crippen molar-refractivity contribution in [3.63, 3.8) is 0 Å². The fourth-order valence-electron chi connectivity index (χ4n) is 3.37. The Morgan fingerprint density at radius 2 is 2.10 bits per heavy atom. The molecule has 4 heteroatoms. The molecule has 3 nitrogen and oxygen atoms in total. The maximum Gasteiger partial charge on any atom is 0.168 e. The number of aliphatic hydroxyl groups is 1. The van der Waals surface area contributed by atoms with Crippen LogP contribution in [0.5, 0.6) is 5.75 Å². The van der Waals surface area contributed by atoms with Gasteiger partial charge in [0, 0.05) is 12.0 Å². The number of halogens is 1. The molecule has 0 bridgehead atoms. The van der Waals surface area contributed by atoms with Crippen molar-refractivity contribution in [2.24, 2.45) is 16.6 Å². The molecule has 20 heavy (non-hydrogen) atoms. The van der Waals surface area contributed by atoms with Crippen molar-refractivity contribution >= 4 is 0 Å². The smallest absolute Gasteiger partial charge is 0.168 e. The van der Waals surface area contributed by atoms with Gasteiger partial charge in [0.05, 0.1) is 13.2 Å². The van der Waals surface area contributed by atoms with Crippen LogP contribution < -0.4 is 10.5 Å². The van der Waals surface area contributed by atoms with E-state index in [0.717, 1.165) is 12.8 Å². The lowest BCUT2D eigenvalue weighted by Crippen LogP contribution is -2.44. The second-order valence-electron chi connectivity index (χ2n) is 6.57. The number of nitrogens with two attached hydrogens (primary N) is 1. The fraction of sp³-hybridized carbons (Fsp3) is 0.625. The normalized spacial score (nSPS) is 28.6. The number of hydrogen-bond donors (Lipinski definition) is 2. The third-order valence-electron chi connectivity index (χ3n) is 4.80. The predicted molar refractivity (Wildman–Crippen MR) is 77.2 cm³/mol. The highest BCUT2D eigenvalue weighted by Crippen LogP contribution is 2.50. The molecule has 1 fully saturated rings. The van der Waals surface area contributed by atoms with E-state index < -0.39 is 11.5 Å². The number of benzene rings is 1. The Hall–Kier alpha value is -1.13. The summed E-state index contributed by atoms with van der Waals surface area (Å²) in [6, 6.07) is 5.12. The molecule has 0 heterocycles. The van der Waals surface area contributed by atoms with Crippen LogP contribution in [0.4, 0.5) is 4.39 Å². The van der Waals surface area contributed by atoms with Crippen LogP contribution in [0.25, 0.3) is 0 Å². The van der Waals surface area contributed by atoms with Gasteiger partial charge in [-0.1, -0.05) is 26.0 Å². The molecule has 1 aliphatic rings. The standard InChI is InChI=1S/C16H24FNO2/c1-15(2)7-8-16(10-18,14(15)19)9-11-5-4-6-12(20-3)13(11)17/h4-6,14,19H,7-10,18H2,1-3H3. The third-order valence-corrected chi connectivity index (χ3v) is 4.80. The molecule has 2 rings (SSSR count). The summed E-state index contributed by atoms with van der Waals surface area (Å²) in [5, 5.41) is 10.6. The van der Waals surface area contributed by atoms with Gasteiger partial charge in [0.2, 0.25) is 0 Å². The lowest BCUT2D eigenvalue weighted by Gasteiger charge is -2.36. The van der Waals surface area contributed by atoms with Crippen molar-refractivity contribution in [3.05, 3.63) is 29.6 Å². The van der Waals surface area contributed by atoms with Crippen molar-refractivity contribution < 1.29 is 14.2 Å². The summed E-state index contributed by atoms with van der Waals surface area (Å²) in [5.41, 5.74) is 5.88. The van der Waals surface area contributed by atoms with Gasteiger partial charge in [-0.3, -0.25) is 0 Å². The van der Waals surface area contributed by atoms with Crippen LogP contribution in [-0.2, 0) is 6.42 Å². The molecule has 1 saturated carbocycles. The molecule has 0 spiro atoms. The van der Waals surface area contributed by atoms with Gasteiger partial charge in [-0.15, -0.1) is 0 Å². The molecule has 112 valence electrons. The molecule has 0 saturated heterocycles. The average molecular weight is 281 g/mol. The van der Waals surface area contributed by atoms with E-state index in [1.54, 1.807) is 18.2 Å². The highest BCUT2D eigenvalue weighted by molar-refractivity contribution is 5.32. The van der Waals surface area contributed by atoms with Crippen LogP contribution in [0.3, 0.4) is 0 Å². The van der Waals surface area contributed by atoms with Crippen molar-refractivity contribution in [3.8, 4) is 5.75 Å². The summed E-state index contributed by atoms with van der Waals surface area (Å²) >= 11 is 0. The van der Waals surface area contributed by atoms with Crippen LogP contribution in [0.15, 0.2) is 18.2 Å². The van der Waals surface area contributed by atoms with Gasteiger partial charge in [-0.2, -0.15) is 0 Å². The van der Waals surface area contributed by atoms with Gasteiger partial charge in [0.1, 0.15) is 0 Å². The molecular formula is C16H24FNO2. The van der Waals surface area contributed by atoms with E-state index in [1.165, 1.54) is 7.11 Å². The van der Waals surface area contributed by atoms with E-state index in [9.17, 15) is 9.50 Å². The monoisotopic (exact) mass is 281 g/mol. The van der Waals surface area contributed by atoms with E-state index in [4.69, 9.17) is 10.5 Å². The molecular weight excluding hydrogens is 257 g/mol. The molecule has 0 aromatic heterocycles. The molecule has 1 aromatic rings.